The minimum absolute atomic E-state index is 0.0294. The number of benzene rings is 2. The molecular formula is C20H17F3N2O2S2. The van der Waals surface area contributed by atoms with Gasteiger partial charge in [0.25, 0.3) is 0 Å². The monoisotopic (exact) mass is 438 g/mol. The first-order valence-electron chi connectivity index (χ1n) is 8.49. The molecule has 1 amide bonds. The summed E-state index contributed by atoms with van der Waals surface area (Å²) in [6, 6.07) is 12.5. The van der Waals surface area contributed by atoms with Crippen molar-refractivity contribution >= 4 is 34.7 Å². The molecule has 0 saturated carbocycles. The molecule has 0 saturated heterocycles. The second-order valence-corrected chi connectivity index (χ2v) is 7.80. The third-order valence-corrected chi connectivity index (χ3v) is 5.78. The molecule has 1 heterocycles. The molecule has 9 heteroatoms. The number of nitrogens with one attached hydrogen (secondary N) is 1. The first-order valence-corrected chi connectivity index (χ1v) is 10.5. The Morgan fingerprint density at radius 1 is 1.17 bits per heavy atom. The van der Waals surface area contributed by atoms with Gasteiger partial charge in [0.1, 0.15) is 10.8 Å². The number of carbonyl (C=O) groups is 1. The standard InChI is InChI=1S/C20H17F3N2O2S2/c1-27-15-8-6-13(7-9-15)19-24-14(11-29-19)10-28-12-18(26)25-17-5-3-2-4-16(17)20(21,22)23/h2-9,11H,10,12H2,1H3,(H,25,26). The number of anilines is 1. The number of ether oxygens (including phenoxy) is 1. The van der Waals surface area contributed by atoms with Crippen LogP contribution in [0.2, 0.25) is 0 Å². The van der Waals surface area contributed by atoms with Gasteiger partial charge < -0.3 is 10.1 Å². The Hall–Kier alpha value is -2.52. The predicted octanol–water partition coefficient (Wildman–Crippen LogP) is 5.71. The van der Waals surface area contributed by atoms with Crippen molar-refractivity contribution in [2.45, 2.75) is 11.9 Å². The number of rotatable bonds is 7. The summed E-state index contributed by atoms with van der Waals surface area (Å²) in [5, 5.41) is 5.10. The van der Waals surface area contributed by atoms with Crippen LogP contribution in [0.1, 0.15) is 11.3 Å². The van der Waals surface area contributed by atoms with Gasteiger partial charge >= 0.3 is 6.18 Å². The second kappa shape index (κ2) is 9.32. The normalized spacial score (nSPS) is 11.3. The van der Waals surface area contributed by atoms with Crippen molar-refractivity contribution in [3.8, 4) is 16.3 Å². The van der Waals surface area contributed by atoms with Gasteiger partial charge in [-0.15, -0.1) is 23.1 Å². The molecule has 0 aliphatic heterocycles. The first-order chi connectivity index (χ1) is 13.9. The summed E-state index contributed by atoms with van der Waals surface area (Å²) in [4.78, 5) is 16.6. The number of thioether (sulfide) groups is 1. The molecule has 0 unspecified atom stereocenters. The zero-order chi connectivity index (χ0) is 20.9. The van der Waals surface area contributed by atoms with Gasteiger partial charge in [0.15, 0.2) is 0 Å². The molecule has 3 rings (SSSR count). The van der Waals surface area contributed by atoms with Crippen LogP contribution in [0.3, 0.4) is 0 Å². The number of para-hydroxylation sites is 1. The number of aromatic nitrogens is 1. The van der Waals surface area contributed by atoms with E-state index in [1.54, 1.807) is 7.11 Å². The van der Waals surface area contributed by atoms with E-state index in [0.29, 0.717) is 5.75 Å². The van der Waals surface area contributed by atoms with E-state index < -0.39 is 17.6 Å². The van der Waals surface area contributed by atoms with E-state index in [4.69, 9.17) is 4.74 Å². The number of methoxy groups -OCH3 is 1. The van der Waals surface area contributed by atoms with Gasteiger partial charge in [0, 0.05) is 16.7 Å². The van der Waals surface area contributed by atoms with E-state index in [-0.39, 0.29) is 11.4 Å². The lowest BCUT2D eigenvalue weighted by Gasteiger charge is -2.13. The van der Waals surface area contributed by atoms with E-state index in [1.807, 2.05) is 29.6 Å². The molecule has 0 aliphatic carbocycles. The summed E-state index contributed by atoms with van der Waals surface area (Å²) in [6.07, 6.45) is -4.52. The van der Waals surface area contributed by atoms with Gasteiger partial charge in [0.2, 0.25) is 5.91 Å². The van der Waals surface area contributed by atoms with E-state index >= 15 is 0 Å². The minimum Gasteiger partial charge on any atom is -0.497 e. The van der Waals surface area contributed by atoms with Crippen LogP contribution in [0.4, 0.5) is 18.9 Å². The molecule has 0 fully saturated rings. The molecule has 2 aromatic carbocycles. The quantitative estimate of drug-likeness (QED) is 0.513. The number of amides is 1. The van der Waals surface area contributed by atoms with Gasteiger partial charge in [-0.1, -0.05) is 12.1 Å². The molecule has 4 nitrogen and oxygen atoms in total. The Kier molecular flexibility index (Phi) is 6.81. The fraction of sp³-hybridized carbons (Fsp3) is 0.200. The van der Waals surface area contributed by atoms with Crippen molar-refractivity contribution in [1.82, 2.24) is 4.98 Å². The van der Waals surface area contributed by atoms with Crippen molar-refractivity contribution in [2.75, 3.05) is 18.2 Å². The van der Waals surface area contributed by atoms with Crippen molar-refractivity contribution in [2.24, 2.45) is 0 Å². The molecule has 3 aromatic rings. The number of carbonyl (C=O) groups excluding carboxylic acids is 1. The number of alkyl halides is 3. The third-order valence-electron chi connectivity index (χ3n) is 3.88. The fourth-order valence-corrected chi connectivity index (χ4v) is 4.16. The molecule has 0 atom stereocenters. The minimum atomic E-state index is -4.52. The highest BCUT2D eigenvalue weighted by molar-refractivity contribution is 7.99. The summed E-state index contributed by atoms with van der Waals surface area (Å²) < 4.78 is 44.1. The van der Waals surface area contributed by atoms with Gasteiger partial charge in [-0.25, -0.2) is 4.98 Å². The van der Waals surface area contributed by atoms with Crippen LogP contribution in [-0.2, 0) is 16.7 Å². The Bertz CT molecular complexity index is 972. The molecular weight excluding hydrogens is 421 g/mol. The van der Waals surface area contributed by atoms with Crippen LogP contribution in [-0.4, -0.2) is 23.8 Å². The number of halogens is 3. The molecule has 1 aromatic heterocycles. The molecule has 0 bridgehead atoms. The molecule has 0 aliphatic rings. The van der Waals surface area contributed by atoms with Crippen LogP contribution >= 0.6 is 23.1 Å². The Morgan fingerprint density at radius 3 is 2.59 bits per heavy atom. The zero-order valence-corrected chi connectivity index (χ0v) is 17.0. The van der Waals surface area contributed by atoms with Crippen molar-refractivity contribution < 1.29 is 22.7 Å². The highest BCUT2D eigenvalue weighted by Crippen LogP contribution is 2.34. The van der Waals surface area contributed by atoms with Crippen molar-refractivity contribution in [3.63, 3.8) is 0 Å². The van der Waals surface area contributed by atoms with Crippen molar-refractivity contribution in [3.05, 3.63) is 65.2 Å². The lowest BCUT2D eigenvalue weighted by molar-refractivity contribution is -0.137. The maximum atomic E-state index is 13.0. The van der Waals surface area contributed by atoms with E-state index in [2.05, 4.69) is 10.3 Å². The summed E-state index contributed by atoms with van der Waals surface area (Å²) >= 11 is 2.78. The van der Waals surface area contributed by atoms with Crippen LogP contribution in [0, 0.1) is 0 Å². The Morgan fingerprint density at radius 2 is 1.90 bits per heavy atom. The average Bonchev–Trinajstić information content (AvgIpc) is 3.16. The van der Waals surface area contributed by atoms with Crippen molar-refractivity contribution in [1.29, 1.82) is 0 Å². The number of thiazole rings is 1. The molecule has 29 heavy (non-hydrogen) atoms. The lowest BCUT2D eigenvalue weighted by atomic mass is 10.1. The number of hydrogen-bond acceptors (Lipinski definition) is 5. The average molecular weight is 438 g/mol. The van der Waals surface area contributed by atoms with Crippen LogP contribution < -0.4 is 10.1 Å². The van der Waals surface area contributed by atoms with Gasteiger partial charge in [-0.2, -0.15) is 13.2 Å². The summed E-state index contributed by atoms with van der Waals surface area (Å²) in [5.41, 5.74) is 0.686. The summed E-state index contributed by atoms with van der Waals surface area (Å²) in [7, 11) is 1.60. The van der Waals surface area contributed by atoms with E-state index in [9.17, 15) is 18.0 Å². The molecule has 1 N–H and O–H groups in total. The van der Waals surface area contributed by atoms with Crippen LogP contribution in [0.15, 0.2) is 53.9 Å². The number of nitrogens with zero attached hydrogens (tertiary/aromatic N) is 1. The molecule has 152 valence electrons. The van der Waals surface area contributed by atoms with E-state index in [1.165, 1.54) is 41.3 Å². The summed E-state index contributed by atoms with van der Waals surface area (Å²) in [5.74, 6) is 0.791. The highest BCUT2D eigenvalue weighted by Gasteiger charge is 2.33. The topological polar surface area (TPSA) is 51.2 Å². The maximum Gasteiger partial charge on any atom is 0.418 e. The zero-order valence-electron chi connectivity index (χ0n) is 15.3. The second-order valence-electron chi connectivity index (χ2n) is 5.96. The van der Waals surface area contributed by atoms with Gasteiger partial charge in [-0.05, 0) is 36.4 Å². The van der Waals surface area contributed by atoms with Gasteiger partial charge in [0.05, 0.1) is 29.8 Å². The van der Waals surface area contributed by atoms with Crippen LogP contribution in [0.25, 0.3) is 10.6 Å². The molecule has 0 radical (unpaired) electrons. The largest absolute Gasteiger partial charge is 0.497 e. The predicted molar refractivity (Wildman–Crippen MR) is 110 cm³/mol. The Labute approximate surface area is 174 Å². The maximum absolute atomic E-state index is 13.0. The van der Waals surface area contributed by atoms with E-state index in [0.717, 1.165) is 28.1 Å². The lowest BCUT2D eigenvalue weighted by Crippen LogP contribution is -2.18. The fourth-order valence-electron chi connectivity index (χ4n) is 2.51. The highest BCUT2D eigenvalue weighted by atomic mass is 32.2. The molecule has 0 spiro atoms. The smallest absolute Gasteiger partial charge is 0.418 e. The first kappa shape index (κ1) is 21.2. The third kappa shape index (κ3) is 5.74. The van der Waals surface area contributed by atoms with Crippen LogP contribution in [0.5, 0.6) is 5.75 Å². The SMILES string of the molecule is COc1ccc(-c2nc(CSCC(=O)Nc3ccccc3C(F)(F)F)cs2)cc1. The Balaban J connectivity index is 1.53. The summed E-state index contributed by atoms with van der Waals surface area (Å²) in [6.45, 7) is 0. The number of hydrogen-bond donors (Lipinski definition) is 1. The van der Waals surface area contributed by atoms with Gasteiger partial charge in [-0.3, -0.25) is 4.79 Å².